The van der Waals surface area contributed by atoms with Gasteiger partial charge in [-0.05, 0) is 24.8 Å². The summed E-state index contributed by atoms with van der Waals surface area (Å²) in [5.41, 5.74) is 2.10. The van der Waals surface area contributed by atoms with Crippen LogP contribution < -0.4 is 0 Å². The Morgan fingerprint density at radius 3 is 2.68 bits per heavy atom. The van der Waals surface area contributed by atoms with Crippen molar-refractivity contribution in [2.24, 2.45) is 0 Å². The van der Waals surface area contributed by atoms with Crippen LogP contribution in [0.25, 0.3) is 0 Å². The fourth-order valence-corrected chi connectivity index (χ4v) is 2.82. The van der Waals surface area contributed by atoms with Crippen LogP contribution >= 0.6 is 0 Å². The maximum atomic E-state index is 10.7. The van der Waals surface area contributed by atoms with Gasteiger partial charge in [-0.25, -0.2) is 0 Å². The third kappa shape index (κ3) is 2.19. The zero-order valence-electron chi connectivity index (χ0n) is 11.3. The van der Waals surface area contributed by atoms with Gasteiger partial charge in [0.2, 0.25) is 0 Å². The number of aliphatic hydroxyl groups is 1. The molecule has 0 radical (unpaired) electrons. The Hall–Kier alpha value is -1.61. The normalized spacial score (nSPS) is 18.2. The quantitative estimate of drug-likeness (QED) is 0.892. The van der Waals surface area contributed by atoms with E-state index in [4.69, 9.17) is 0 Å². The van der Waals surface area contributed by atoms with Gasteiger partial charge in [0, 0.05) is 23.7 Å². The minimum absolute atomic E-state index is 0.0820. The van der Waals surface area contributed by atoms with Crippen LogP contribution in [0.15, 0.2) is 42.7 Å². The first kappa shape index (κ1) is 12.4. The van der Waals surface area contributed by atoms with Crippen LogP contribution in [0.4, 0.5) is 0 Å². The number of hydrogen-bond donors (Lipinski definition) is 1. The van der Waals surface area contributed by atoms with Crippen molar-refractivity contribution in [3.8, 4) is 0 Å². The number of nitrogens with zero attached hydrogens (tertiary/aromatic N) is 2. The number of hydrogen-bond acceptors (Lipinski definition) is 2. The topological polar surface area (TPSA) is 38.0 Å². The molecule has 0 bridgehead atoms. The monoisotopic (exact) mass is 256 g/mol. The number of aryl methyl sites for hydroxylation is 1. The fourth-order valence-electron chi connectivity index (χ4n) is 2.82. The van der Waals surface area contributed by atoms with Crippen LogP contribution in [0.3, 0.4) is 0 Å². The van der Waals surface area contributed by atoms with Crippen molar-refractivity contribution in [3.05, 3.63) is 53.9 Å². The molecule has 1 aromatic carbocycles. The molecule has 1 aliphatic carbocycles. The van der Waals surface area contributed by atoms with Gasteiger partial charge in [-0.1, -0.05) is 37.3 Å². The molecular weight excluding hydrogens is 236 g/mol. The summed E-state index contributed by atoms with van der Waals surface area (Å²) < 4.78 is 1.92. The number of aromatic nitrogens is 2. The van der Waals surface area contributed by atoms with Gasteiger partial charge >= 0.3 is 0 Å². The molecule has 1 N–H and O–H groups in total. The Balaban J connectivity index is 1.85. The molecule has 1 heterocycles. The zero-order chi connectivity index (χ0) is 13.3. The van der Waals surface area contributed by atoms with Gasteiger partial charge in [0.15, 0.2) is 0 Å². The van der Waals surface area contributed by atoms with E-state index in [2.05, 4.69) is 24.2 Å². The molecule has 100 valence electrons. The highest BCUT2D eigenvalue weighted by Gasteiger charge is 2.51. The lowest BCUT2D eigenvalue weighted by atomic mass is 9.87. The molecule has 0 aliphatic heterocycles. The second-order valence-electron chi connectivity index (χ2n) is 5.46. The predicted octanol–water partition coefficient (Wildman–Crippen LogP) is 3.06. The van der Waals surface area contributed by atoms with E-state index < -0.39 is 6.10 Å². The molecular formula is C16H20N2O. The molecule has 1 unspecified atom stereocenters. The van der Waals surface area contributed by atoms with E-state index in [1.807, 2.05) is 35.3 Å². The lowest BCUT2D eigenvalue weighted by Crippen LogP contribution is -2.17. The number of benzene rings is 1. The van der Waals surface area contributed by atoms with Gasteiger partial charge in [-0.3, -0.25) is 4.68 Å². The summed E-state index contributed by atoms with van der Waals surface area (Å²) in [6.45, 7) is 3.04. The van der Waals surface area contributed by atoms with Crippen LogP contribution in [0, 0.1) is 0 Å². The summed E-state index contributed by atoms with van der Waals surface area (Å²) in [6.07, 6.45) is 6.51. The Labute approximate surface area is 113 Å². The average Bonchev–Trinajstić information content (AvgIpc) is 3.14. The molecule has 1 saturated carbocycles. The highest BCUT2D eigenvalue weighted by molar-refractivity contribution is 5.36. The summed E-state index contributed by atoms with van der Waals surface area (Å²) in [5, 5.41) is 15.0. The standard InChI is InChI=1S/C16H20N2O/c1-2-10-18-12-13(11-17-18)15(19)16(8-9-16)14-6-4-3-5-7-14/h3-7,11-12,15,19H,2,8-10H2,1H3. The predicted molar refractivity (Wildman–Crippen MR) is 74.8 cm³/mol. The SMILES string of the molecule is CCCn1cc(C(O)C2(c3ccccc3)CC2)cn1. The van der Waals surface area contributed by atoms with Crippen LogP contribution in [0.1, 0.15) is 43.4 Å². The largest absolute Gasteiger partial charge is 0.387 e. The molecule has 1 aliphatic rings. The highest BCUT2D eigenvalue weighted by atomic mass is 16.3. The molecule has 1 fully saturated rings. The second kappa shape index (κ2) is 4.82. The third-order valence-electron chi connectivity index (χ3n) is 4.08. The van der Waals surface area contributed by atoms with Gasteiger partial charge < -0.3 is 5.11 Å². The fraction of sp³-hybridized carbons (Fsp3) is 0.438. The molecule has 3 rings (SSSR count). The minimum atomic E-state index is -0.444. The van der Waals surface area contributed by atoms with Crippen molar-refractivity contribution < 1.29 is 5.11 Å². The number of aliphatic hydroxyl groups excluding tert-OH is 1. The van der Waals surface area contributed by atoms with Crippen molar-refractivity contribution in [2.75, 3.05) is 0 Å². The molecule has 0 spiro atoms. The van der Waals surface area contributed by atoms with Crippen molar-refractivity contribution >= 4 is 0 Å². The smallest absolute Gasteiger partial charge is 0.0916 e. The van der Waals surface area contributed by atoms with E-state index in [0.29, 0.717) is 0 Å². The van der Waals surface area contributed by atoms with E-state index in [1.165, 1.54) is 5.56 Å². The molecule has 3 nitrogen and oxygen atoms in total. The first-order chi connectivity index (χ1) is 9.26. The maximum absolute atomic E-state index is 10.7. The van der Waals surface area contributed by atoms with Crippen molar-refractivity contribution in [1.82, 2.24) is 9.78 Å². The van der Waals surface area contributed by atoms with Gasteiger partial charge in [-0.2, -0.15) is 5.10 Å². The minimum Gasteiger partial charge on any atom is -0.387 e. The number of rotatable bonds is 5. The molecule has 3 heteroatoms. The lowest BCUT2D eigenvalue weighted by molar-refractivity contribution is 0.133. The Morgan fingerprint density at radius 2 is 2.05 bits per heavy atom. The van der Waals surface area contributed by atoms with Gasteiger partial charge in [0.1, 0.15) is 0 Å². The summed E-state index contributed by atoms with van der Waals surface area (Å²) >= 11 is 0. The lowest BCUT2D eigenvalue weighted by Gasteiger charge is -2.21. The highest BCUT2D eigenvalue weighted by Crippen LogP contribution is 2.56. The average molecular weight is 256 g/mol. The zero-order valence-corrected chi connectivity index (χ0v) is 11.3. The van der Waals surface area contributed by atoms with Crippen molar-refractivity contribution in [2.45, 2.75) is 44.2 Å². The van der Waals surface area contributed by atoms with Gasteiger partial charge in [-0.15, -0.1) is 0 Å². The van der Waals surface area contributed by atoms with Gasteiger partial charge in [0.05, 0.1) is 12.3 Å². The summed E-state index contributed by atoms with van der Waals surface area (Å²) in [4.78, 5) is 0. The molecule has 0 amide bonds. The van der Waals surface area contributed by atoms with Gasteiger partial charge in [0.25, 0.3) is 0 Å². The van der Waals surface area contributed by atoms with E-state index in [-0.39, 0.29) is 5.41 Å². The Morgan fingerprint density at radius 1 is 1.32 bits per heavy atom. The summed E-state index contributed by atoms with van der Waals surface area (Å²) in [6, 6.07) is 10.3. The molecule has 19 heavy (non-hydrogen) atoms. The van der Waals surface area contributed by atoms with E-state index in [0.717, 1.165) is 31.4 Å². The van der Waals surface area contributed by atoms with E-state index >= 15 is 0 Å². The van der Waals surface area contributed by atoms with Crippen LogP contribution in [0.2, 0.25) is 0 Å². The molecule has 0 saturated heterocycles. The van der Waals surface area contributed by atoms with Crippen LogP contribution in [-0.4, -0.2) is 14.9 Å². The third-order valence-corrected chi connectivity index (χ3v) is 4.08. The van der Waals surface area contributed by atoms with Crippen LogP contribution in [-0.2, 0) is 12.0 Å². The molecule has 1 aromatic heterocycles. The summed E-state index contributed by atoms with van der Waals surface area (Å²) in [7, 11) is 0. The Bertz CT molecular complexity index is 543. The maximum Gasteiger partial charge on any atom is 0.0916 e. The molecule has 2 aromatic rings. The van der Waals surface area contributed by atoms with E-state index in [1.54, 1.807) is 0 Å². The van der Waals surface area contributed by atoms with Crippen molar-refractivity contribution in [1.29, 1.82) is 0 Å². The second-order valence-corrected chi connectivity index (χ2v) is 5.46. The molecule has 1 atom stereocenters. The van der Waals surface area contributed by atoms with Crippen molar-refractivity contribution in [3.63, 3.8) is 0 Å². The van der Waals surface area contributed by atoms with Crippen LogP contribution in [0.5, 0.6) is 0 Å². The first-order valence-corrected chi connectivity index (χ1v) is 7.02. The first-order valence-electron chi connectivity index (χ1n) is 7.02. The summed E-state index contributed by atoms with van der Waals surface area (Å²) in [5.74, 6) is 0. The van der Waals surface area contributed by atoms with E-state index in [9.17, 15) is 5.11 Å². The Kier molecular flexibility index (Phi) is 3.15.